The lowest BCUT2D eigenvalue weighted by Gasteiger charge is -2.09. The number of rotatable bonds is 4. The van der Waals surface area contributed by atoms with Gasteiger partial charge in [0.15, 0.2) is 0 Å². The minimum Gasteiger partial charge on any atom is -0.462 e. The van der Waals surface area contributed by atoms with E-state index in [1.54, 1.807) is 0 Å². The Morgan fingerprint density at radius 3 is 2.83 bits per heavy atom. The van der Waals surface area contributed by atoms with Crippen molar-refractivity contribution in [3.8, 4) is 0 Å². The van der Waals surface area contributed by atoms with Crippen molar-refractivity contribution in [3.05, 3.63) is 0 Å². The number of hydrogen-bond acceptors (Lipinski definition) is 4. The predicted molar refractivity (Wildman–Crippen MR) is 39.3 cm³/mol. The molecule has 1 aliphatic rings. The first-order valence-corrected chi connectivity index (χ1v) is 3.86. The van der Waals surface area contributed by atoms with Crippen LogP contribution in [0.4, 0.5) is 0 Å². The molecule has 1 saturated heterocycles. The average Bonchev–Trinajstić information content (AvgIpc) is 2.42. The average molecular weight is 170 g/mol. The van der Waals surface area contributed by atoms with E-state index in [4.69, 9.17) is 4.74 Å². The molecule has 0 saturated carbocycles. The third-order valence-corrected chi connectivity index (χ3v) is 1.91. The summed E-state index contributed by atoms with van der Waals surface area (Å²) in [5, 5.41) is 0. The van der Waals surface area contributed by atoms with Crippen molar-refractivity contribution in [1.29, 1.82) is 0 Å². The smallest absolute Gasteiger partial charge is 0.306 e. The van der Waals surface area contributed by atoms with Gasteiger partial charge in [0.1, 0.15) is 18.7 Å². The summed E-state index contributed by atoms with van der Waals surface area (Å²) in [6, 6.07) is 0. The summed E-state index contributed by atoms with van der Waals surface area (Å²) in [5.74, 6) is -0.694. The van der Waals surface area contributed by atoms with E-state index in [-0.39, 0.29) is 24.4 Å². The third kappa shape index (κ3) is 1.90. The lowest BCUT2D eigenvalue weighted by Crippen LogP contribution is -2.17. The largest absolute Gasteiger partial charge is 0.462 e. The predicted octanol–water partition coefficient (Wildman–Crippen LogP) is 0.0961. The molecule has 0 aromatic heterocycles. The maximum atomic E-state index is 10.7. The molecule has 66 valence electrons. The first kappa shape index (κ1) is 8.90. The van der Waals surface area contributed by atoms with Crippen LogP contribution in [0, 0.1) is 5.92 Å². The summed E-state index contributed by atoms with van der Waals surface area (Å²) in [6.07, 6.45) is 2.06. The highest BCUT2D eigenvalue weighted by Crippen LogP contribution is 2.23. The van der Waals surface area contributed by atoms with Crippen molar-refractivity contribution in [2.75, 3.05) is 0 Å². The number of hydrogen-bond donors (Lipinski definition) is 0. The van der Waals surface area contributed by atoms with Crippen molar-refractivity contribution < 1.29 is 19.1 Å². The van der Waals surface area contributed by atoms with Gasteiger partial charge in [-0.3, -0.25) is 4.79 Å². The molecule has 0 aromatic carbocycles. The first-order chi connectivity index (χ1) is 5.77. The summed E-state index contributed by atoms with van der Waals surface area (Å²) in [7, 11) is 0. The first-order valence-electron chi connectivity index (χ1n) is 3.86. The zero-order valence-corrected chi connectivity index (χ0v) is 6.56. The maximum Gasteiger partial charge on any atom is 0.306 e. The second kappa shape index (κ2) is 3.99. The zero-order valence-electron chi connectivity index (χ0n) is 6.56. The van der Waals surface area contributed by atoms with Crippen molar-refractivity contribution >= 4 is 18.5 Å². The molecule has 4 heteroatoms. The minimum absolute atomic E-state index is 0.160. The fourth-order valence-electron chi connectivity index (χ4n) is 1.27. The number of carbonyl (C=O) groups excluding carboxylic acids is 3. The Kier molecular flexibility index (Phi) is 2.96. The number of esters is 1. The second-order valence-electron chi connectivity index (χ2n) is 2.78. The van der Waals surface area contributed by atoms with E-state index in [1.165, 1.54) is 0 Å². The Hall–Kier alpha value is -1.19. The van der Waals surface area contributed by atoms with Gasteiger partial charge in [-0.15, -0.1) is 0 Å². The molecular formula is C8H10O4. The lowest BCUT2D eigenvalue weighted by atomic mass is 10.00. The summed E-state index contributed by atoms with van der Waals surface area (Å²) >= 11 is 0. The van der Waals surface area contributed by atoms with Crippen LogP contribution in [0.15, 0.2) is 0 Å². The standard InChI is InChI=1S/C8H10O4/c9-3-1-2-7-6(5-10)4-8(11)12-7/h3,5-7H,1-2,4H2. The molecule has 2 atom stereocenters. The molecule has 12 heavy (non-hydrogen) atoms. The van der Waals surface area contributed by atoms with Crippen molar-refractivity contribution in [3.63, 3.8) is 0 Å². The Balaban J connectivity index is 2.45. The SMILES string of the molecule is O=CCCC1OC(=O)CC1C=O. The molecule has 1 rings (SSSR count). The van der Waals surface area contributed by atoms with Crippen LogP contribution in [0.3, 0.4) is 0 Å². The van der Waals surface area contributed by atoms with Crippen molar-refractivity contribution in [2.45, 2.75) is 25.4 Å². The van der Waals surface area contributed by atoms with Crippen LogP contribution in [0.2, 0.25) is 0 Å². The van der Waals surface area contributed by atoms with Gasteiger partial charge >= 0.3 is 5.97 Å². The van der Waals surface area contributed by atoms with Gasteiger partial charge in [0.2, 0.25) is 0 Å². The van der Waals surface area contributed by atoms with E-state index in [2.05, 4.69) is 0 Å². The fraction of sp³-hybridized carbons (Fsp3) is 0.625. The van der Waals surface area contributed by atoms with E-state index in [0.717, 1.165) is 12.6 Å². The van der Waals surface area contributed by atoms with Gasteiger partial charge in [0.05, 0.1) is 12.3 Å². The van der Waals surface area contributed by atoms with Gasteiger partial charge in [-0.1, -0.05) is 0 Å². The highest BCUT2D eigenvalue weighted by molar-refractivity contribution is 5.77. The molecular weight excluding hydrogens is 160 g/mol. The molecule has 0 aromatic rings. The van der Waals surface area contributed by atoms with Crippen LogP contribution in [0.25, 0.3) is 0 Å². The van der Waals surface area contributed by atoms with E-state index in [0.29, 0.717) is 12.8 Å². The van der Waals surface area contributed by atoms with Gasteiger partial charge in [-0.2, -0.15) is 0 Å². The molecule has 4 nitrogen and oxygen atoms in total. The molecule has 0 spiro atoms. The van der Waals surface area contributed by atoms with E-state index in [1.807, 2.05) is 0 Å². The van der Waals surface area contributed by atoms with Crippen LogP contribution in [0.5, 0.6) is 0 Å². The van der Waals surface area contributed by atoms with Crippen LogP contribution < -0.4 is 0 Å². The molecule has 1 fully saturated rings. The Morgan fingerprint density at radius 2 is 2.25 bits per heavy atom. The molecule has 0 amide bonds. The summed E-state index contributed by atoms with van der Waals surface area (Å²) in [6.45, 7) is 0. The molecule has 0 N–H and O–H groups in total. The normalized spacial score (nSPS) is 28.2. The molecule has 1 heterocycles. The topological polar surface area (TPSA) is 60.4 Å². The van der Waals surface area contributed by atoms with Gasteiger partial charge in [0.25, 0.3) is 0 Å². The number of aldehydes is 2. The summed E-state index contributed by atoms with van der Waals surface area (Å²) in [4.78, 5) is 31.1. The van der Waals surface area contributed by atoms with Gasteiger partial charge in [-0.25, -0.2) is 0 Å². The Bertz CT molecular complexity index is 199. The lowest BCUT2D eigenvalue weighted by molar-refractivity contribution is -0.142. The Morgan fingerprint density at radius 1 is 1.50 bits per heavy atom. The zero-order chi connectivity index (χ0) is 8.97. The van der Waals surface area contributed by atoms with Crippen LogP contribution in [-0.2, 0) is 19.1 Å². The van der Waals surface area contributed by atoms with E-state index < -0.39 is 0 Å². The van der Waals surface area contributed by atoms with E-state index in [9.17, 15) is 14.4 Å². The molecule has 0 bridgehead atoms. The summed E-state index contributed by atoms with van der Waals surface area (Å²) < 4.78 is 4.84. The number of ether oxygens (including phenoxy) is 1. The molecule has 2 unspecified atom stereocenters. The van der Waals surface area contributed by atoms with Crippen molar-refractivity contribution in [1.82, 2.24) is 0 Å². The van der Waals surface area contributed by atoms with Gasteiger partial charge in [-0.05, 0) is 6.42 Å². The van der Waals surface area contributed by atoms with Crippen molar-refractivity contribution in [2.24, 2.45) is 5.92 Å². The monoisotopic (exact) mass is 170 g/mol. The second-order valence-corrected chi connectivity index (χ2v) is 2.78. The Labute approximate surface area is 69.9 Å². The number of cyclic esters (lactones) is 1. The summed E-state index contributed by atoms with van der Waals surface area (Å²) in [5.41, 5.74) is 0. The highest BCUT2D eigenvalue weighted by Gasteiger charge is 2.33. The quantitative estimate of drug-likeness (QED) is 0.443. The maximum absolute atomic E-state index is 10.7. The number of carbonyl (C=O) groups is 3. The van der Waals surface area contributed by atoms with Crippen LogP contribution >= 0.6 is 0 Å². The fourth-order valence-corrected chi connectivity index (χ4v) is 1.27. The van der Waals surface area contributed by atoms with Gasteiger partial charge in [0, 0.05) is 6.42 Å². The van der Waals surface area contributed by atoms with Gasteiger partial charge < -0.3 is 14.3 Å². The molecule has 0 radical (unpaired) electrons. The van der Waals surface area contributed by atoms with E-state index >= 15 is 0 Å². The highest BCUT2D eigenvalue weighted by atomic mass is 16.5. The van der Waals surface area contributed by atoms with Crippen LogP contribution in [-0.4, -0.2) is 24.6 Å². The van der Waals surface area contributed by atoms with Crippen LogP contribution in [0.1, 0.15) is 19.3 Å². The third-order valence-electron chi connectivity index (χ3n) is 1.91. The molecule has 1 aliphatic heterocycles. The minimum atomic E-state index is -0.375. The molecule has 0 aliphatic carbocycles.